The molecule has 0 bridgehead atoms. The highest BCUT2D eigenvalue weighted by Crippen LogP contribution is 2.23. The highest BCUT2D eigenvalue weighted by Gasteiger charge is 2.13. The third kappa shape index (κ3) is 3.84. The van der Waals surface area contributed by atoms with Crippen LogP contribution in [0.15, 0.2) is 59.7 Å². The Morgan fingerprint density at radius 2 is 1.93 bits per heavy atom. The Morgan fingerprint density at radius 3 is 2.69 bits per heavy atom. The highest BCUT2D eigenvalue weighted by molar-refractivity contribution is 7.71. The molecule has 0 saturated carbocycles. The molecule has 0 amide bonds. The summed E-state index contributed by atoms with van der Waals surface area (Å²) in [6.45, 7) is 0. The van der Waals surface area contributed by atoms with Gasteiger partial charge in [-0.25, -0.2) is 5.10 Å². The molecule has 29 heavy (non-hydrogen) atoms. The van der Waals surface area contributed by atoms with Gasteiger partial charge in [0.05, 0.1) is 16.8 Å². The molecule has 0 radical (unpaired) electrons. The van der Waals surface area contributed by atoms with Crippen molar-refractivity contribution >= 4 is 35.7 Å². The summed E-state index contributed by atoms with van der Waals surface area (Å²) in [4.78, 5) is 10.5. The molecule has 4 aromatic rings. The molecule has 11 heteroatoms. The fraction of sp³-hybridized carbons (Fsp3) is 0. The van der Waals surface area contributed by atoms with Crippen LogP contribution in [0.2, 0.25) is 5.02 Å². The summed E-state index contributed by atoms with van der Waals surface area (Å²) in [5.74, 6) is 0.405. The molecule has 0 aliphatic rings. The molecule has 2 N–H and O–H groups in total. The molecule has 2 aromatic carbocycles. The molecule has 0 aliphatic heterocycles. The second-order valence-electron chi connectivity index (χ2n) is 5.90. The van der Waals surface area contributed by atoms with Crippen molar-refractivity contribution in [2.24, 2.45) is 5.10 Å². The summed E-state index contributed by atoms with van der Waals surface area (Å²) in [6, 6.07) is 15.6. The van der Waals surface area contributed by atoms with Crippen molar-refractivity contribution in [3.05, 3.63) is 80.1 Å². The van der Waals surface area contributed by atoms with Crippen LogP contribution in [0, 0.1) is 14.9 Å². The Bertz CT molecular complexity index is 1280. The van der Waals surface area contributed by atoms with Crippen LogP contribution in [-0.4, -0.2) is 36.2 Å². The maximum Gasteiger partial charge on any atom is 0.270 e. The SMILES string of the molecule is O=[N+]([O-])c1ccc(Cl)c(/C=N\n2c(-c3cc(-c4ccccc4)n[nH]3)n[nH]c2=S)c1. The van der Waals surface area contributed by atoms with Gasteiger partial charge < -0.3 is 0 Å². The lowest BCUT2D eigenvalue weighted by atomic mass is 10.1. The van der Waals surface area contributed by atoms with E-state index in [0.29, 0.717) is 22.1 Å². The molecule has 0 saturated heterocycles. The minimum atomic E-state index is -0.502. The van der Waals surface area contributed by atoms with Crippen LogP contribution in [-0.2, 0) is 0 Å². The maximum atomic E-state index is 11.0. The summed E-state index contributed by atoms with van der Waals surface area (Å²) in [7, 11) is 0. The van der Waals surface area contributed by atoms with Crippen LogP contribution < -0.4 is 0 Å². The fourth-order valence-electron chi connectivity index (χ4n) is 2.63. The van der Waals surface area contributed by atoms with Gasteiger partial charge >= 0.3 is 0 Å². The quantitative estimate of drug-likeness (QED) is 0.212. The highest BCUT2D eigenvalue weighted by atomic mass is 35.5. The van der Waals surface area contributed by atoms with E-state index in [1.54, 1.807) is 0 Å². The second-order valence-corrected chi connectivity index (χ2v) is 6.70. The van der Waals surface area contributed by atoms with Gasteiger partial charge in [-0.2, -0.15) is 20.0 Å². The topological polar surface area (TPSA) is 118 Å². The number of nitrogens with one attached hydrogen (secondary N) is 2. The van der Waals surface area contributed by atoms with Crippen molar-refractivity contribution in [2.75, 3.05) is 0 Å². The van der Waals surface area contributed by atoms with E-state index in [9.17, 15) is 10.1 Å². The van der Waals surface area contributed by atoms with Crippen LogP contribution >= 0.6 is 23.8 Å². The number of aromatic nitrogens is 5. The summed E-state index contributed by atoms with van der Waals surface area (Å²) in [6.07, 6.45) is 1.39. The van der Waals surface area contributed by atoms with E-state index >= 15 is 0 Å². The molecular weight excluding hydrogens is 414 g/mol. The van der Waals surface area contributed by atoms with Gasteiger partial charge in [0.15, 0.2) is 0 Å². The zero-order valence-electron chi connectivity index (χ0n) is 14.6. The van der Waals surface area contributed by atoms with Crippen molar-refractivity contribution in [3.8, 4) is 22.8 Å². The molecule has 0 unspecified atom stereocenters. The van der Waals surface area contributed by atoms with Gasteiger partial charge in [-0.1, -0.05) is 41.9 Å². The third-order valence-corrected chi connectivity index (χ3v) is 4.65. The van der Waals surface area contributed by atoms with Gasteiger partial charge in [-0.05, 0) is 24.4 Å². The van der Waals surface area contributed by atoms with Crippen molar-refractivity contribution < 1.29 is 4.92 Å². The zero-order chi connectivity index (χ0) is 20.4. The zero-order valence-corrected chi connectivity index (χ0v) is 16.2. The third-order valence-electron chi connectivity index (χ3n) is 4.04. The largest absolute Gasteiger partial charge is 0.274 e. The Balaban J connectivity index is 1.70. The minimum Gasteiger partial charge on any atom is -0.274 e. The fourth-order valence-corrected chi connectivity index (χ4v) is 2.98. The van der Waals surface area contributed by atoms with Crippen LogP contribution in [0.4, 0.5) is 5.69 Å². The number of nitro groups is 1. The molecule has 2 heterocycles. The first-order valence-corrected chi connectivity index (χ1v) is 9.08. The van der Waals surface area contributed by atoms with Crippen LogP contribution in [0.3, 0.4) is 0 Å². The first-order chi connectivity index (χ1) is 14.0. The number of aromatic amines is 2. The number of rotatable bonds is 5. The lowest BCUT2D eigenvalue weighted by Crippen LogP contribution is -1.96. The van der Waals surface area contributed by atoms with Crippen LogP contribution in [0.25, 0.3) is 22.8 Å². The van der Waals surface area contributed by atoms with Crippen molar-refractivity contribution in [3.63, 3.8) is 0 Å². The number of non-ortho nitro benzene ring substituents is 1. The predicted molar refractivity (Wildman–Crippen MR) is 112 cm³/mol. The molecule has 9 nitrogen and oxygen atoms in total. The van der Waals surface area contributed by atoms with E-state index in [1.165, 1.54) is 29.1 Å². The van der Waals surface area contributed by atoms with E-state index < -0.39 is 4.92 Å². The van der Waals surface area contributed by atoms with Gasteiger partial charge in [0.1, 0.15) is 5.69 Å². The first-order valence-electron chi connectivity index (χ1n) is 8.30. The number of hydrogen-bond acceptors (Lipinski definition) is 6. The lowest BCUT2D eigenvalue weighted by molar-refractivity contribution is -0.384. The van der Waals surface area contributed by atoms with E-state index in [4.69, 9.17) is 23.8 Å². The molecular formula is C18H12ClN7O2S. The van der Waals surface area contributed by atoms with Gasteiger partial charge in [0.25, 0.3) is 5.69 Å². The molecule has 0 aliphatic carbocycles. The summed E-state index contributed by atoms with van der Waals surface area (Å²) < 4.78 is 1.63. The van der Waals surface area contributed by atoms with E-state index in [1.807, 2.05) is 36.4 Å². The molecule has 144 valence electrons. The van der Waals surface area contributed by atoms with Gasteiger partial charge in [0.2, 0.25) is 10.6 Å². The number of benzene rings is 2. The Hall–Kier alpha value is -3.63. The van der Waals surface area contributed by atoms with Gasteiger partial charge in [-0.15, -0.1) is 0 Å². The molecule has 0 atom stereocenters. The number of halogens is 1. The molecule has 0 fully saturated rings. The van der Waals surface area contributed by atoms with E-state index in [2.05, 4.69) is 25.5 Å². The van der Waals surface area contributed by atoms with Crippen molar-refractivity contribution in [2.45, 2.75) is 0 Å². The molecule has 0 spiro atoms. The lowest BCUT2D eigenvalue weighted by Gasteiger charge is -2.00. The van der Waals surface area contributed by atoms with Gasteiger partial charge in [-0.3, -0.25) is 15.2 Å². The van der Waals surface area contributed by atoms with Crippen molar-refractivity contribution in [1.29, 1.82) is 0 Å². The number of hydrogen-bond donors (Lipinski definition) is 2. The Kier molecular flexibility index (Phi) is 5.02. The average molecular weight is 426 g/mol. The second kappa shape index (κ2) is 7.78. The number of nitrogens with zero attached hydrogens (tertiary/aromatic N) is 5. The summed E-state index contributed by atoms with van der Waals surface area (Å²) in [5.41, 5.74) is 2.57. The number of nitro benzene ring substituents is 1. The minimum absolute atomic E-state index is 0.0899. The Labute approximate surface area is 173 Å². The summed E-state index contributed by atoms with van der Waals surface area (Å²) in [5, 5.41) is 29.7. The summed E-state index contributed by atoms with van der Waals surface area (Å²) >= 11 is 11.4. The number of H-pyrrole nitrogens is 2. The predicted octanol–water partition coefficient (Wildman–Crippen LogP) is 4.44. The van der Waals surface area contributed by atoms with E-state index in [0.717, 1.165) is 11.3 Å². The molecule has 4 rings (SSSR count). The standard InChI is InChI=1S/C18H12ClN7O2S/c19-14-7-6-13(26(27)28)8-12(14)10-20-25-17(23-24-18(25)29)16-9-15(21-22-16)11-4-2-1-3-5-11/h1-10H,(H,21,22)(H,24,29)/b20-10-. The van der Waals surface area contributed by atoms with Crippen LogP contribution in [0.5, 0.6) is 0 Å². The van der Waals surface area contributed by atoms with Crippen molar-refractivity contribution in [1.82, 2.24) is 25.1 Å². The monoisotopic (exact) mass is 425 g/mol. The maximum absolute atomic E-state index is 11.0. The van der Waals surface area contributed by atoms with E-state index in [-0.39, 0.29) is 10.5 Å². The Morgan fingerprint density at radius 1 is 1.14 bits per heavy atom. The first kappa shape index (κ1) is 18.7. The smallest absolute Gasteiger partial charge is 0.270 e. The molecule has 2 aromatic heterocycles. The van der Waals surface area contributed by atoms with Gasteiger partial charge in [0, 0.05) is 28.3 Å². The normalized spacial score (nSPS) is 11.2. The average Bonchev–Trinajstić information content (AvgIpc) is 3.35. The van der Waals surface area contributed by atoms with Crippen LogP contribution in [0.1, 0.15) is 5.56 Å².